The van der Waals surface area contributed by atoms with Crippen molar-refractivity contribution in [2.24, 2.45) is 7.05 Å². The summed E-state index contributed by atoms with van der Waals surface area (Å²) in [5, 5.41) is 7.43. The van der Waals surface area contributed by atoms with Crippen molar-refractivity contribution in [1.82, 2.24) is 9.78 Å². The van der Waals surface area contributed by atoms with E-state index in [9.17, 15) is 4.79 Å². The van der Waals surface area contributed by atoms with Crippen molar-refractivity contribution < 1.29 is 4.79 Å². The smallest absolute Gasteiger partial charge is 0.224 e. The predicted octanol–water partition coefficient (Wildman–Crippen LogP) is 3.99. The second-order valence-corrected chi connectivity index (χ2v) is 7.27. The first-order valence-corrected chi connectivity index (χ1v) is 9.68. The summed E-state index contributed by atoms with van der Waals surface area (Å²) in [5.74, 6) is 0.0511. The normalized spacial score (nSPS) is 15.0. The summed E-state index contributed by atoms with van der Waals surface area (Å²) in [5.41, 5.74) is 5.45. The molecule has 26 heavy (non-hydrogen) atoms. The maximum atomic E-state index is 12.3. The number of carbonyl (C=O) groups is 1. The van der Waals surface area contributed by atoms with Crippen molar-refractivity contribution in [3.63, 3.8) is 0 Å². The molecular weight excluding hydrogens is 324 g/mol. The van der Waals surface area contributed by atoms with Crippen LogP contribution in [0.25, 0.3) is 0 Å². The maximum Gasteiger partial charge on any atom is 0.224 e. The first-order chi connectivity index (χ1) is 12.5. The Balaban J connectivity index is 1.54. The van der Waals surface area contributed by atoms with Crippen molar-refractivity contribution in [2.75, 3.05) is 23.3 Å². The molecule has 0 saturated carbocycles. The number of rotatable bonds is 5. The van der Waals surface area contributed by atoms with E-state index in [-0.39, 0.29) is 5.91 Å². The van der Waals surface area contributed by atoms with Gasteiger partial charge in [-0.3, -0.25) is 9.48 Å². The molecule has 1 amide bonds. The third-order valence-corrected chi connectivity index (χ3v) is 5.38. The van der Waals surface area contributed by atoms with Gasteiger partial charge in [0.15, 0.2) is 0 Å². The highest BCUT2D eigenvalue weighted by atomic mass is 16.1. The van der Waals surface area contributed by atoms with Crippen LogP contribution in [0.4, 0.5) is 11.4 Å². The Kier molecular flexibility index (Phi) is 5.96. The quantitative estimate of drug-likeness (QED) is 0.883. The van der Waals surface area contributed by atoms with Gasteiger partial charge in [0, 0.05) is 43.6 Å². The van der Waals surface area contributed by atoms with Crippen LogP contribution in [-0.2, 0) is 18.3 Å². The number of hydrogen-bond donors (Lipinski definition) is 1. The van der Waals surface area contributed by atoms with Crippen LogP contribution in [-0.4, -0.2) is 28.8 Å². The second-order valence-electron chi connectivity index (χ2n) is 7.27. The number of benzene rings is 1. The molecule has 0 bridgehead atoms. The minimum absolute atomic E-state index is 0.0511. The molecule has 3 rings (SSSR count). The van der Waals surface area contributed by atoms with E-state index in [1.165, 1.54) is 36.9 Å². The molecule has 5 nitrogen and oxygen atoms in total. The highest BCUT2D eigenvalue weighted by molar-refractivity contribution is 5.91. The minimum Gasteiger partial charge on any atom is -0.372 e. The van der Waals surface area contributed by atoms with Gasteiger partial charge in [-0.1, -0.05) is 12.8 Å². The molecule has 0 aliphatic carbocycles. The molecule has 2 heterocycles. The number of amides is 1. The molecule has 1 aliphatic heterocycles. The van der Waals surface area contributed by atoms with Crippen LogP contribution in [0.1, 0.15) is 49.1 Å². The zero-order valence-electron chi connectivity index (χ0n) is 16.2. The predicted molar refractivity (Wildman–Crippen MR) is 107 cm³/mol. The molecule has 0 unspecified atom stereocenters. The van der Waals surface area contributed by atoms with E-state index < -0.39 is 0 Å². The van der Waals surface area contributed by atoms with E-state index in [4.69, 9.17) is 0 Å². The van der Waals surface area contributed by atoms with Crippen LogP contribution < -0.4 is 10.2 Å². The third-order valence-electron chi connectivity index (χ3n) is 5.38. The molecule has 1 aliphatic rings. The fourth-order valence-corrected chi connectivity index (χ4v) is 3.73. The zero-order valence-corrected chi connectivity index (χ0v) is 16.2. The van der Waals surface area contributed by atoms with Gasteiger partial charge in [-0.25, -0.2) is 0 Å². The Hall–Kier alpha value is -2.30. The van der Waals surface area contributed by atoms with Gasteiger partial charge >= 0.3 is 0 Å². The molecule has 0 radical (unpaired) electrons. The van der Waals surface area contributed by atoms with Crippen LogP contribution in [0.3, 0.4) is 0 Å². The summed E-state index contributed by atoms with van der Waals surface area (Å²) in [6, 6.07) is 8.27. The summed E-state index contributed by atoms with van der Waals surface area (Å²) in [6.07, 6.45) is 6.41. The summed E-state index contributed by atoms with van der Waals surface area (Å²) >= 11 is 0. The van der Waals surface area contributed by atoms with Gasteiger partial charge in [0.2, 0.25) is 5.91 Å². The van der Waals surface area contributed by atoms with E-state index in [1.807, 2.05) is 30.8 Å². The van der Waals surface area contributed by atoms with Crippen molar-refractivity contribution in [2.45, 2.75) is 52.4 Å². The first kappa shape index (κ1) is 18.5. The third kappa shape index (κ3) is 4.45. The van der Waals surface area contributed by atoms with E-state index in [0.717, 1.165) is 36.6 Å². The average molecular weight is 354 g/mol. The first-order valence-electron chi connectivity index (χ1n) is 9.68. The van der Waals surface area contributed by atoms with Crippen LogP contribution in [0.5, 0.6) is 0 Å². The Bertz CT molecular complexity index is 740. The Morgan fingerprint density at radius 3 is 2.31 bits per heavy atom. The molecule has 1 aromatic heterocycles. The minimum atomic E-state index is 0.0511. The number of anilines is 2. The number of hydrogen-bond acceptors (Lipinski definition) is 3. The van der Waals surface area contributed by atoms with Gasteiger partial charge in [0.25, 0.3) is 0 Å². The topological polar surface area (TPSA) is 50.2 Å². The highest BCUT2D eigenvalue weighted by Gasteiger charge is 2.12. The van der Waals surface area contributed by atoms with Crippen LogP contribution in [0.2, 0.25) is 0 Å². The maximum absolute atomic E-state index is 12.3. The molecule has 0 atom stereocenters. The number of nitrogens with one attached hydrogen (secondary N) is 1. The van der Waals surface area contributed by atoms with Gasteiger partial charge in [0.1, 0.15) is 0 Å². The van der Waals surface area contributed by atoms with E-state index in [1.54, 1.807) is 0 Å². The lowest BCUT2D eigenvalue weighted by Gasteiger charge is -2.22. The lowest BCUT2D eigenvalue weighted by Crippen LogP contribution is -2.23. The van der Waals surface area contributed by atoms with Gasteiger partial charge in [-0.15, -0.1) is 0 Å². The van der Waals surface area contributed by atoms with E-state index in [2.05, 4.69) is 34.4 Å². The van der Waals surface area contributed by atoms with Crippen molar-refractivity contribution in [3.05, 3.63) is 41.2 Å². The summed E-state index contributed by atoms with van der Waals surface area (Å²) in [4.78, 5) is 14.7. The zero-order chi connectivity index (χ0) is 18.5. The second kappa shape index (κ2) is 8.39. The van der Waals surface area contributed by atoms with Gasteiger partial charge in [-0.2, -0.15) is 5.10 Å². The molecule has 1 saturated heterocycles. The number of carbonyl (C=O) groups excluding carboxylic acids is 1. The lowest BCUT2D eigenvalue weighted by molar-refractivity contribution is -0.116. The average Bonchev–Trinajstić information content (AvgIpc) is 2.83. The SMILES string of the molecule is Cc1nn(C)c(C)c1CCC(=O)Nc1ccc(N2CCCCCC2)cc1. The van der Waals surface area contributed by atoms with Crippen molar-refractivity contribution >= 4 is 17.3 Å². The largest absolute Gasteiger partial charge is 0.372 e. The van der Waals surface area contributed by atoms with Gasteiger partial charge < -0.3 is 10.2 Å². The lowest BCUT2D eigenvalue weighted by atomic mass is 10.1. The Morgan fingerprint density at radius 2 is 1.73 bits per heavy atom. The Labute approximate surface area is 156 Å². The summed E-state index contributed by atoms with van der Waals surface area (Å²) in [6.45, 7) is 6.32. The Morgan fingerprint density at radius 1 is 1.08 bits per heavy atom. The standard InChI is InChI=1S/C21H30N4O/c1-16-20(17(2)24(3)23-16)12-13-21(26)22-18-8-10-19(11-9-18)25-14-6-4-5-7-15-25/h8-11H,4-7,12-15H2,1-3H3,(H,22,26). The van der Waals surface area contributed by atoms with Crippen molar-refractivity contribution in [1.29, 1.82) is 0 Å². The van der Waals surface area contributed by atoms with Crippen molar-refractivity contribution in [3.8, 4) is 0 Å². The number of aryl methyl sites for hydroxylation is 2. The fourth-order valence-electron chi connectivity index (χ4n) is 3.73. The fraction of sp³-hybridized carbons (Fsp3) is 0.524. The molecule has 140 valence electrons. The molecule has 2 aromatic rings. The van der Waals surface area contributed by atoms with E-state index >= 15 is 0 Å². The van der Waals surface area contributed by atoms with Crippen LogP contribution in [0, 0.1) is 13.8 Å². The molecule has 1 aromatic carbocycles. The van der Waals surface area contributed by atoms with Gasteiger partial charge in [-0.05, 0) is 62.9 Å². The van der Waals surface area contributed by atoms with Crippen LogP contribution in [0.15, 0.2) is 24.3 Å². The summed E-state index contributed by atoms with van der Waals surface area (Å²) < 4.78 is 1.88. The monoisotopic (exact) mass is 354 g/mol. The summed E-state index contributed by atoms with van der Waals surface area (Å²) in [7, 11) is 1.94. The number of aromatic nitrogens is 2. The molecule has 1 N–H and O–H groups in total. The molecule has 0 spiro atoms. The van der Waals surface area contributed by atoms with Gasteiger partial charge in [0.05, 0.1) is 5.69 Å². The van der Waals surface area contributed by atoms with E-state index in [0.29, 0.717) is 6.42 Å². The highest BCUT2D eigenvalue weighted by Crippen LogP contribution is 2.22. The molecule has 5 heteroatoms. The molecule has 1 fully saturated rings. The molecular formula is C21H30N4O. The number of nitrogens with zero attached hydrogens (tertiary/aromatic N) is 3. The van der Waals surface area contributed by atoms with Crippen LogP contribution >= 0.6 is 0 Å².